The number of benzene rings is 1. The van der Waals surface area contributed by atoms with E-state index in [-0.39, 0.29) is 5.91 Å². The van der Waals surface area contributed by atoms with Gasteiger partial charge in [0.05, 0.1) is 12.7 Å². The van der Waals surface area contributed by atoms with Crippen molar-refractivity contribution in [1.82, 2.24) is 0 Å². The molecule has 3 aromatic rings. The fourth-order valence-corrected chi connectivity index (χ4v) is 5.17. The third-order valence-corrected chi connectivity index (χ3v) is 6.44. The average Bonchev–Trinajstić information content (AvgIpc) is 3.25. The number of methoxy groups -OCH3 is 1. The first-order valence-electron chi connectivity index (χ1n) is 9.35. The highest BCUT2D eigenvalue weighted by Gasteiger charge is 2.28. The summed E-state index contributed by atoms with van der Waals surface area (Å²) in [5.74, 6) is 0.368. The Morgan fingerprint density at radius 3 is 2.97 bits per heavy atom. The van der Waals surface area contributed by atoms with Gasteiger partial charge in [-0.3, -0.25) is 4.79 Å². The molecule has 1 aliphatic carbocycles. The summed E-state index contributed by atoms with van der Waals surface area (Å²) in [5, 5.41) is 4.87. The monoisotopic (exact) mass is 429 g/mol. The molecule has 0 saturated carbocycles. The number of nitrogens with one attached hydrogen (secondary N) is 1. The van der Waals surface area contributed by atoms with Crippen molar-refractivity contribution >= 4 is 56.9 Å². The Bertz CT molecular complexity index is 1130. The first-order chi connectivity index (χ1) is 13.9. The molecule has 1 aliphatic rings. The Hall–Kier alpha value is -2.57. The predicted octanol–water partition coefficient (Wildman–Crippen LogP) is 5.71. The van der Waals surface area contributed by atoms with Crippen LogP contribution in [0.5, 0.6) is 0 Å². The van der Waals surface area contributed by atoms with Crippen LogP contribution in [0.25, 0.3) is 17.0 Å². The summed E-state index contributed by atoms with van der Waals surface area (Å²) >= 11 is 7.45. The summed E-state index contributed by atoms with van der Waals surface area (Å²) in [6.45, 7) is 2.20. The number of hydrogen-bond donors (Lipinski definition) is 1. The van der Waals surface area contributed by atoms with Gasteiger partial charge in [0.1, 0.15) is 16.3 Å². The molecule has 2 heterocycles. The van der Waals surface area contributed by atoms with Crippen LogP contribution in [0.4, 0.5) is 5.00 Å². The van der Waals surface area contributed by atoms with E-state index in [0.29, 0.717) is 32.8 Å². The topological polar surface area (TPSA) is 68.5 Å². The molecule has 1 amide bonds. The number of fused-ring (bicyclic) bond motifs is 2. The zero-order valence-corrected chi connectivity index (χ0v) is 17.7. The lowest BCUT2D eigenvalue weighted by atomic mass is 9.88. The van der Waals surface area contributed by atoms with Crippen molar-refractivity contribution < 1.29 is 18.7 Å². The second-order valence-electron chi connectivity index (χ2n) is 7.20. The molecule has 4 rings (SSSR count). The molecule has 0 radical (unpaired) electrons. The van der Waals surface area contributed by atoms with E-state index in [1.165, 1.54) is 24.5 Å². The molecular formula is C22H20ClNO4S. The first kappa shape index (κ1) is 19.7. The van der Waals surface area contributed by atoms with E-state index in [1.54, 1.807) is 24.3 Å². The Morgan fingerprint density at radius 1 is 1.34 bits per heavy atom. The molecule has 29 heavy (non-hydrogen) atoms. The minimum absolute atomic E-state index is 0.333. The number of rotatable bonds is 4. The summed E-state index contributed by atoms with van der Waals surface area (Å²) in [5.41, 5.74) is 2.19. The van der Waals surface area contributed by atoms with Crippen molar-refractivity contribution in [2.75, 3.05) is 12.4 Å². The summed E-state index contributed by atoms with van der Waals surface area (Å²) in [6, 6.07) is 7.16. The van der Waals surface area contributed by atoms with E-state index in [9.17, 15) is 9.59 Å². The third-order valence-electron chi connectivity index (χ3n) is 5.03. The first-order valence-corrected chi connectivity index (χ1v) is 10.5. The van der Waals surface area contributed by atoms with E-state index in [2.05, 4.69) is 12.2 Å². The average molecular weight is 430 g/mol. The van der Waals surface area contributed by atoms with Crippen LogP contribution in [0.3, 0.4) is 0 Å². The number of ether oxygens (including phenoxy) is 1. The van der Waals surface area contributed by atoms with Crippen LogP contribution >= 0.6 is 22.9 Å². The lowest BCUT2D eigenvalue weighted by Gasteiger charge is -2.18. The van der Waals surface area contributed by atoms with Crippen LogP contribution in [0, 0.1) is 5.92 Å². The van der Waals surface area contributed by atoms with Crippen molar-refractivity contribution in [2.24, 2.45) is 5.92 Å². The van der Waals surface area contributed by atoms with Gasteiger partial charge in [-0.25, -0.2) is 4.79 Å². The lowest BCUT2D eigenvalue weighted by molar-refractivity contribution is -0.111. The molecule has 2 aromatic heterocycles. The zero-order valence-electron chi connectivity index (χ0n) is 16.1. The van der Waals surface area contributed by atoms with E-state index >= 15 is 0 Å². The van der Waals surface area contributed by atoms with E-state index < -0.39 is 5.97 Å². The summed E-state index contributed by atoms with van der Waals surface area (Å²) in [7, 11) is 1.36. The number of anilines is 1. The van der Waals surface area contributed by atoms with Gasteiger partial charge >= 0.3 is 5.97 Å². The molecule has 0 aliphatic heterocycles. The normalized spacial score (nSPS) is 16.2. The predicted molar refractivity (Wildman–Crippen MR) is 116 cm³/mol. The van der Waals surface area contributed by atoms with Crippen molar-refractivity contribution in [3.05, 3.63) is 57.1 Å². The molecule has 0 saturated heterocycles. The number of thiophene rings is 1. The van der Waals surface area contributed by atoms with Crippen molar-refractivity contribution in [1.29, 1.82) is 0 Å². The molecule has 5 nitrogen and oxygen atoms in total. The number of halogens is 1. The molecule has 0 spiro atoms. The van der Waals surface area contributed by atoms with Gasteiger partial charge in [-0.05, 0) is 61.1 Å². The highest BCUT2D eigenvalue weighted by atomic mass is 35.5. The number of carbonyl (C=O) groups excluding carboxylic acids is 2. The van der Waals surface area contributed by atoms with Gasteiger partial charge in [0.25, 0.3) is 0 Å². The van der Waals surface area contributed by atoms with E-state index in [4.69, 9.17) is 20.8 Å². The Balaban J connectivity index is 1.55. The van der Waals surface area contributed by atoms with Crippen molar-refractivity contribution in [2.45, 2.75) is 26.2 Å². The molecular weight excluding hydrogens is 410 g/mol. The van der Waals surface area contributed by atoms with Gasteiger partial charge in [0.2, 0.25) is 5.91 Å². The summed E-state index contributed by atoms with van der Waals surface area (Å²) in [4.78, 5) is 26.0. The van der Waals surface area contributed by atoms with Gasteiger partial charge in [-0.15, -0.1) is 11.3 Å². The Labute approximate surface area is 177 Å². The highest BCUT2D eigenvalue weighted by molar-refractivity contribution is 7.17. The number of hydrogen-bond acceptors (Lipinski definition) is 5. The number of carbonyl (C=O) groups is 2. The maximum atomic E-state index is 12.5. The fourth-order valence-electron chi connectivity index (χ4n) is 3.59. The molecule has 1 aromatic carbocycles. The smallest absolute Gasteiger partial charge is 0.341 e. The molecule has 1 N–H and O–H groups in total. The summed E-state index contributed by atoms with van der Waals surface area (Å²) in [6.07, 6.45) is 5.75. The molecule has 0 fully saturated rings. The van der Waals surface area contributed by atoms with Crippen LogP contribution in [0.1, 0.15) is 39.9 Å². The van der Waals surface area contributed by atoms with Gasteiger partial charge < -0.3 is 14.5 Å². The zero-order chi connectivity index (χ0) is 20.5. The van der Waals surface area contributed by atoms with Crippen LogP contribution < -0.4 is 5.32 Å². The van der Waals surface area contributed by atoms with E-state index in [1.807, 2.05) is 6.07 Å². The minimum Gasteiger partial charge on any atom is -0.465 e. The van der Waals surface area contributed by atoms with E-state index in [0.717, 1.165) is 35.1 Å². The van der Waals surface area contributed by atoms with Gasteiger partial charge in [-0.2, -0.15) is 0 Å². The SMILES string of the molecule is COC(=O)c1c(NC(=O)C=Cc2cc3cc(Cl)ccc3o2)sc2c1CCC(C)C2. The third kappa shape index (κ3) is 4.09. The van der Waals surface area contributed by atoms with Crippen LogP contribution in [-0.2, 0) is 22.4 Å². The lowest BCUT2D eigenvalue weighted by Crippen LogP contribution is -2.14. The van der Waals surface area contributed by atoms with Crippen LogP contribution in [0.2, 0.25) is 5.02 Å². The fraction of sp³-hybridized carbons (Fsp3) is 0.273. The van der Waals surface area contributed by atoms with Crippen LogP contribution in [-0.4, -0.2) is 19.0 Å². The maximum absolute atomic E-state index is 12.5. The quantitative estimate of drug-likeness (QED) is 0.426. The second kappa shape index (κ2) is 8.05. The van der Waals surface area contributed by atoms with Crippen molar-refractivity contribution in [3.63, 3.8) is 0 Å². The standard InChI is InChI=1S/C22H20ClNO4S/c1-12-3-6-16-18(9-12)29-21(20(16)22(26)27-2)24-19(25)8-5-15-11-13-10-14(23)4-7-17(13)28-15/h4-5,7-8,10-12H,3,6,9H2,1-2H3,(H,24,25). The maximum Gasteiger partial charge on any atom is 0.341 e. The highest BCUT2D eigenvalue weighted by Crippen LogP contribution is 2.40. The molecule has 150 valence electrons. The summed E-state index contributed by atoms with van der Waals surface area (Å²) < 4.78 is 10.6. The number of furan rings is 1. The second-order valence-corrected chi connectivity index (χ2v) is 8.74. The Kier molecular flexibility index (Phi) is 5.48. The van der Waals surface area contributed by atoms with Gasteiger partial charge in [0, 0.05) is 21.4 Å². The number of esters is 1. The molecule has 1 unspecified atom stereocenters. The number of amides is 1. The van der Waals surface area contributed by atoms with Crippen LogP contribution in [0.15, 0.2) is 34.8 Å². The largest absolute Gasteiger partial charge is 0.465 e. The van der Waals surface area contributed by atoms with Crippen molar-refractivity contribution in [3.8, 4) is 0 Å². The minimum atomic E-state index is -0.412. The molecule has 1 atom stereocenters. The molecule has 7 heteroatoms. The van der Waals surface area contributed by atoms with Gasteiger partial charge in [-0.1, -0.05) is 18.5 Å². The Morgan fingerprint density at radius 2 is 2.17 bits per heavy atom. The molecule has 0 bridgehead atoms. The van der Waals surface area contributed by atoms with Gasteiger partial charge in [0.15, 0.2) is 0 Å².